The first-order valence-electron chi connectivity index (χ1n) is 6.42. The van der Waals surface area contributed by atoms with Gasteiger partial charge in [-0.05, 0) is 33.1 Å². The van der Waals surface area contributed by atoms with Crippen LogP contribution in [-0.4, -0.2) is 33.9 Å². The topological polar surface area (TPSA) is 66.1 Å². The van der Waals surface area contributed by atoms with Crippen molar-refractivity contribution >= 4 is 5.91 Å². The molecule has 1 aliphatic heterocycles. The number of carbonyl (C=O) groups excluding carboxylic acids is 1. The predicted molar refractivity (Wildman–Crippen MR) is 68.5 cm³/mol. The number of nitrogens with one attached hydrogen (secondary N) is 1. The number of amides is 1. The average molecular weight is 249 g/mol. The molecule has 0 unspecified atom stereocenters. The van der Waals surface area contributed by atoms with E-state index in [1.807, 2.05) is 11.8 Å². The highest BCUT2D eigenvalue weighted by atomic mass is 16.2. The molecule has 2 heterocycles. The lowest BCUT2D eigenvalue weighted by molar-refractivity contribution is -0.130. The van der Waals surface area contributed by atoms with Gasteiger partial charge in [-0.25, -0.2) is 4.98 Å². The highest BCUT2D eigenvalue weighted by Crippen LogP contribution is 2.11. The zero-order valence-electron chi connectivity index (χ0n) is 11.0. The fraction of sp³-hybridized carbons (Fsp3) is 0.615. The molecule has 0 bridgehead atoms. The Morgan fingerprint density at radius 2 is 2.00 bits per heavy atom. The first kappa shape index (κ1) is 12.8. The molecule has 18 heavy (non-hydrogen) atoms. The van der Waals surface area contributed by atoms with Crippen LogP contribution < -0.4 is 5.56 Å². The Balaban J connectivity index is 2.02. The number of aryl methyl sites for hydroxylation is 2. The van der Waals surface area contributed by atoms with Crippen LogP contribution in [0.15, 0.2) is 4.79 Å². The Hall–Kier alpha value is -1.65. The molecule has 1 aromatic heterocycles. The summed E-state index contributed by atoms with van der Waals surface area (Å²) in [7, 11) is 0. The van der Waals surface area contributed by atoms with E-state index in [1.165, 1.54) is 0 Å². The average Bonchev–Trinajstić information content (AvgIpc) is 2.80. The summed E-state index contributed by atoms with van der Waals surface area (Å²) in [5, 5.41) is 0. The second-order valence-electron chi connectivity index (χ2n) is 4.80. The maximum atomic E-state index is 11.9. The Bertz CT molecular complexity index is 501. The summed E-state index contributed by atoms with van der Waals surface area (Å²) in [5.74, 6) is 0.763. The largest absolute Gasteiger partial charge is 0.343 e. The quantitative estimate of drug-likeness (QED) is 0.867. The third-order valence-corrected chi connectivity index (χ3v) is 3.39. The van der Waals surface area contributed by atoms with Crippen molar-refractivity contribution in [3.05, 3.63) is 27.4 Å². The van der Waals surface area contributed by atoms with Gasteiger partial charge in [0.1, 0.15) is 5.82 Å². The van der Waals surface area contributed by atoms with Crippen molar-refractivity contribution < 1.29 is 4.79 Å². The number of hydrogen-bond acceptors (Lipinski definition) is 3. The number of hydrogen-bond donors (Lipinski definition) is 1. The Morgan fingerprint density at radius 3 is 2.61 bits per heavy atom. The van der Waals surface area contributed by atoms with E-state index in [4.69, 9.17) is 0 Å². The molecule has 0 atom stereocenters. The number of aromatic amines is 1. The van der Waals surface area contributed by atoms with Gasteiger partial charge in [0.2, 0.25) is 5.91 Å². The highest BCUT2D eigenvalue weighted by Gasteiger charge is 2.18. The van der Waals surface area contributed by atoms with Crippen LogP contribution in [0.3, 0.4) is 0 Å². The molecule has 1 saturated heterocycles. The van der Waals surface area contributed by atoms with E-state index in [9.17, 15) is 9.59 Å². The number of likely N-dealkylation sites (tertiary alicyclic amines) is 1. The number of rotatable bonds is 3. The van der Waals surface area contributed by atoms with Crippen molar-refractivity contribution in [3.63, 3.8) is 0 Å². The van der Waals surface area contributed by atoms with Gasteiger partial charge >= 0.3 is 0 Å². The maximum absolute atomic E-state index is 11.9. The smallest absolute Gasteiger partial charge is 0.254 e. The number of H-pyrrole nitrogens is 1. The molecule has 0 radical (unpaired) electrons. The van der Waals surface area contributed by atoms with Crippen LogP contribution in [0.5, 0.6) is 0 Å². The molecule has 0 spiro atoms. The van der Waals surface area contributed by atoms with E-state index in [-0.39, 0.29) is 11.5 Å². The van der Waals surface area contributed by atoms with Crippen LogP contribution in [0.4, 0.5) is 0 Å². The Morgan fingerprint density at radius 1 is 1.33 bits per heavy atom. The lowest BCUT2D eigenvalue weighted by atomic mass is 10.1. The van der Waals surface area contributed by atoms with Crippen molar-refractivity contribution in [1.82, 2.24) is 14.9 Å². The molecule has 1 aromatic rings. The van der Waals surface area contributed by atoms with Gasteiger partial charge in [-0.3, -0.25) is 9.59 Å². The monoisotopic (exact) mass is 249 g/mol. The minimum Gasteiger partial charge on any atom is -0.343 e. The molecule has 0 aromatic carbocycles. The molecule has 0 aliphatic carbocycles. The van der Waals surface area contributed by atoms with Crippen LogP contribution in [-0.2, 0) is 11.2 Å². The van der Waals surface area contributed by atoms with Crippen LogP contribution in [0.1, 0.15) is 36.3 Å². The normalized spacial score (nSPS) is 15.1. The number of carbonyl (C=O) groups is 1. The van der Waals surface area contributed by atoms with Gasteiger partial charge in [0.25, 0.3) is 5.56 Å². The Labute approximate surface area is 106 Å². The fourth-order valence-electron chi connectivity index (χ4n) is 2.40. The maximum Gasteiger partial charge on any atom is 0.254 e. The Kier molecular flexibility index (Phi) is 3.79. The third-order valence-electron chi connectivity index (χ3n) is 3.39. The highest BCUT2D eigenvalue weighted by molar-refractivity contribution is 5.76. The first-order valence-corrected chi connectivity index (χ1v) is 6.42. The molecule has 0 saturated carbocycles. The number of nitrogens with zero attached hydrogens (tertiary/aromatic N) is 2. The van der Waals surface area contributed by atoms with Gasteiger partial charge in [0, 0.05) is 30.8 Å². The van der Waals surface area contributed by atoms with E-state index >= 15 is 0 Å². The van der Waals surface area contributed by atoms with Crippen LogP contribution in [0, 0.1) is 13.8 Å². The summed E-state index contributed by atoms with van der Waals surface area (Å²) in [6, 6.07) is 0. The summed E-state index contributed by atoms with van der Waals surface area (Å²) >= 11 is 0. The van der Waals surface area contributed by atoms with Gasteiger partial charge in [-0.2, -0.15) is 0 Å². The van der Waals surface area contributed by atoms with Gasteiger partial charge in [-0.1, -0.05) is 0 Å². The first-order chi connectivity index (χ1) is 8.58. The summed E-state index contributed by atoms with van der Waals surface area (Å²) in [4.78, 5) is 32.5. The lowest BCUT2D eigenvalue weighted by Crippen LogP contribution is -2.28. The van der Waals surface area contributed by atoms with Gasteiger partial charge < -0.3 is 9.88 Å². The van der Waals surface area contributed by atoms with Crippen molar-refractivity contribution in [2.75, 3.05) is 13.1 Å². The minimum absolute atomic E-state index is 0.116. The summed E-state index contributed by atoms with van der Waals surface area (Å²) in [6.07, 6.45) is 3.06. The minimum atomic E-state index is -0.116. The van der Waals surface area contributed by atoms with E-state index < -0.39 is 0 Å². The van der Waals surface area contributed by atoms with E-state index in [0.717, 1.165) is 31.6 Å². The van der Waals surface area contributed by atoms with E-state index in [2.05, 4.69) is 9.97 Å². The molecule has 1 amide bonds. The van der Waals surface area contributed by atoms with Crippen molar-refractivity contribution in [1.29, 1.82) is 0 Å². The van der Waals surface area contributed by atoms with Crippen LogP contribution in [0.25, 0.3) is 0 Å². The van der Waals surface area contributed by atoms with Crippen LogP contribution >= 0.6 is 0 Å². The second kappa shape index (κ2) is 5.33. The molecule has 98 valence electrons. The van der Waals surface area contributed by atoms with Crippen molar-refractivity contribution in [2.45, 2.75) is 39.5 Å². The van der Waals surface area contributed by atoms with Gasteiger partial charge in [-0.15, -0.1) is 0 Å². The lowest BCUT2D eigenvalue weighted by Gasteiger charge is -2.15. The molecule has 1 fully saturated rings. The molecular weight excluding hydrogens is 230 g/mol. The van der Waals surface area contributed by atoms with Crippen LogP contribution in [0.2, 0.25) is 0 Å². The summed E-state index contributed by atoms with van der Waals surface area (Å²) in [5.41, 5.74) is 1.24. The fourth-order valence-corrected chi connectivity index (χ4v) is 2.40. The standard InChI is InChI=1S/C13H19N3O2/c1-9-11(13(18)15-10(2)14-9)5-6-12(17)16-7-3-4-8-16/h3-8H2,1-2H3,(H,14,15,18). The summed E-state index contributed by atoms with van der Waals surface area (Å²) < 4.78 is 0. The van der Waals surface area contributed by atoms with Gasteiger partial charge in [0.15, 0.2) is 0 Å². The van der Waals surface area contributed by atoms with E-state index in [0.29, 0.717) is 24.2 Å². The summed E-state index contributed by atoms with van der Waals surface area (Å²) in [6.45, 7) is 5.30. The number of aromatic nitrogens is 2. The molecule has 5 heteroatoms. The zero-order chi connectivity index (χ0) is 13.1. The van der Waals surface area contributed by atoms with Crippen molar-refractivity contribution in [3.8, 4) is 0 Å². The molecule has 1 N–H and O–H groups in total. The molecular formula is C13H19N3O2. The molecule has 1 aliphatic rings. The van der Waals surface area contributed by atoms with Crippen molar-refractivity contribution in [2.24, 2.45) is 0 Å². The van der Waals surface area contributed by atoms with Gasteiger partial charge in [0.05, 0.1) is 0 Å². The second-order valence-corrected chi connectivity index (χ2v) is 4.80. The predicted octanol–water partition coefficient (Wildman–Crippen LogP) is 0.942. The third kappa shape index (κ3) is 2.78. The van der Waals surface area contributed by atoms with E-state index in [1.54, 1.807) is 6.92 Å². The zero-order valence-corrected chi connectivity index (χ0v) is 11.0. The molecule has 5 nitrogen and oxygen atoms in total. The molecule has 2 rings (SSSR count). The SMILES string of the molecule is Cc1nc(C)c(CCC(=O)N2CCCC2)c(=O)[nH]1.